The molecule has 2 aliphatic rings. The van der Waals surface area contributed by atoms with Gasteiger partial charge >= 0.3 is 0 Å². The molecule has 3 heterocycles. The molecule has 1 atom stereocenters. The van der Waals surface area contributed by atoms with Crippen molar-refractivity contribution >= 4 is 23.3 Å². The number of fused-ring (bicyclic) bond motifs is 1. The Morgan fingerprint density at radius 2 is 2.12 bits per heavy atom. The lowest BCUT2D eigenvalue weighted by atomic mass is 10.0. The van der Waals surface area contributed by atoms with E-state index < -0.39 is 5.91 Å². The molecule has 2 aromatic heterocycles. The fourth-order valence-corrected chi connectivity index (χ4v) is 4.35. The molecule has 25 heavy (non-hydrogen) atoms. The molecule has 1 amide bonds. The minimum atomic E-state index is -0.518. The van der Waals surface area contributed by atoms with Gasteiger partial charge in [0.25, 0.3) is 0 Å². The maximum absolute atomic E-state index is 11.3. The van der Waals surface area contributed by atoms with E-state index in [-0.39, 0.29) is 6.04 Å². The topological polar surface area (TPSA) is 77.0 Å². The fraction of sp³-hybridized carbons (Fsp3) is 0.500. The second-order valence-corrected chi connectivity index (χ2v) is 7.28. The number of carbonyl (C=O) groups is 1. The molecular formula is C18H22ClN5O. The van der Waals surface area contributed by atoms with E-state index >= 15 is 0 Å². The van der Waals surface area contributed by atoms with Crippen LogP contribution in [0.25, 0.3) is 0 Å². The van der Waals surface area contributed by atoms with Gasteiger partial charge in [-0.15, -0.1) is 0 Å². The van der Waals surface area contributed by atoms with Gasteiger partial charge in [-0.2, -0.15) is 0 Å². The lowest BCUT2D eigenvalue weighted by molar-refractivity contribution is 0.1000. The van der Waals surface area contributed by atoms with Gasteiger partial charge in [0.05, 0.1) is 22.3 Å². The van der Waals surface area contributed by atoms with E-state index in [1.54, 1.807) is 6.07 Å². The van der Waals surface area contributed by atoms with E-state index in [4.69, 9.17) is 22.3 Å². The van der Waals surface area contributed by atoms with Crippen LogP contribution in [0.3, 0.4) is 0 Å². The minimum absolute atomic E-state index is 0.167. The van der Waals surface area contributed by atoms with Crippen LogP contribution >= 0.6 is 11.6 Å². The molecule has 2 N–H and O–H groups in total. The van der Waals surface area contributed by atoms with E-state index in [0.717, 1.165) is 38.1 Å². The summed E-state index contributed by atoms with van der Waals surface area (Å²) in [6, 6.07) is 1.77. The average molecular weight is 360 g/mol. The molecular weight excluding hydrogens is 338 g/mol. The van der Waals surface area contributed by atoms with Crippen LogP contribution < -0.4 is 10.6 Å². The van der Waals surface area contributed by atoms with E-state index in [9.17, 15) is 4.79 Å². The third kappa shape index (κ3) is 2.78. The maximum Gasteiger partial charge on any atom is 0.250 e. The van der Waals surface area contributed by atoms with Crippen LogP contribution in [0.2, 0.25) is 5.02 Å². The number of carbonyl (C=O) groups excluding carboxylic acids is 1. The van der Waals surface area contributed by atoms with Crippen LogP contribution in [0.1, 0.15) is 59.3 Å². The average Bonchev–Trinajstić information content (AvgIpc) is 3.20. The second-order valence-electron chi connectivity index (χ2n) is 6.87. The zero-order valence-electron chi connectivity index (χ0n) is 14.3. The Morgan fingerprint density at radius 3 is 2.84 bits per heavy atom. The molecule has 4 rings (SSSR count). The molecule has 132 valence electrons. The maximum atomic E-state index is 11.3. The van der Waals surface area contributed by atoms with Crippen LogP contribution in [0, 0.1) is 0 Å². The molecule has 1 unspecified atom stereocenters. The van der Waals surface area contributed by atoms with Gasteiger partial charge in [-0.1, -0.05) is 11.6 Å². The molecule has 2 aromatic rings. The van der Waals surface area contributed by atoms with Gasteiger partial charge in [-0.05, 0) is 44.6 Å². The summed E-state index contributed by atoms with van der Waals surface area (Å²) in [4.78, 5) is 22.9. The molecule has 0 bridgehead atoms. The molecule has 1 aliphatic carbocycles. The number of anilines is 1. The van der Waals surface area contributed by atoms with Gasteiger partial charge in [-0.25, -0.2) is 9.97 Å². The first-order chi connectivity index (χ1) is 12.1. The highest BCUT2D eigenvalue weighted by atomic mass is 35.5. The zero-order valence-corrected chi connectivity index (χ0v) is 15.1. The Labute approximate surface area is 152 Å². The second kappa shape index (κ2) is 6.33. The van der Waals surface area contributed by atoms with Crippen molar-refractivity contribution in [2.24, 2.45) is 12.8 Å². The lowest BCUT2D eigenvalue weighted by Gasteiger charge is -2.26. The lowest BCUT2D eigenvalue weighted by Crippen LogP contribution is -2.26. The third-order valence-corrected chi connectivity index (χ3v) is 5.62. The van der Waals surface area contributed by atoms with Crippen molar-refractivity contribution in [2.45, 2.75) is 44.6 Å². The first kappa shape index (κ1) is 16.4. The number of rotatable bonds is 3. The number of halogens is 1. The standard InChI is InChI=1S/C18H22ClN5O/c1-23-14-6-3-2-5-13(14)22-18(23)15-7-4-8-24(15)17-12(19)9-11(10-21-17)16(20)25/h9-10,15H,2-8H2,1H3,(H2,20,25). The minimum Gasteiger partial charge on any atom is -0.366 e. The monoisotopic (exact) mass is 359 g/mol. The number of aromatic nitrogens is 3. The van der Waals surface area contributed by atoms with Gasteiger partial charge in [0.1, 0.15) is 11.6 Å². The van der Waals surface area contributed by atoms with Crippen molar-refractivity contribution in [2.75, 3.05) is 11.4 Å². The number of primary amides is 1. The summed E-state index contributed by atoms with van der Waals surface area (Å²) in [7, 11) is 2.12. The van der Waals surface area contributed by atoms with Crippen LogP contribution in [-0.2, 0) is 19.9 Å². The third-order valence-electron chi connectivity index (χ3n) is 5.34. The summed E-state index contributed by atoms with van der Waals surface area (Å²) in [5, 5.41) is 0.460. The van der Waals surface area contributed by atoms with E-state index in [2.05, 4.69) is 21.5 Å². The van der Waals surface area contributed by atoms with E-state index in [1.165, 1.54) is 30.4 Å². The summed E-state index contributed by atoms with van der Waals surface area (Å²) < 4.78 is 2.27. The molecule has 1 aliphatic heterocycles. The van der Waals surface area contributed by atoms with E-state index in [0.29, 0.717) is 16.4 Å². The van der Waals surface area contributed by atoms with Crippen molar-refractivity contribution in [3.8, 4) is 0 Å². The molecule has 1 saturated heterocycles. The normalized spacial score (nSPS) is 19.9. The van der Waals surface area contributed by atoms with Gasteiger partial charge < -0.3 is 15.2 Å². The zero-order chi connectivity index (χ0) is 17.6. The van der Waals surface area contributed by atoms with Crippen molar-refractivity contribution in [1.82, 2.24) is 14.5 Å². The van der Waals surface area contributed by atoms with Crippen molar-refractivity contribution in [3.05, 3.63) is 40.1 Å². The molecule has 6 nitrogen and oxygen atoms in total. The van der Waals surface area contributed by atoms with Crippen LogP contribution in [-0.4, -0.2) is 27.0 Å². The Hall–Kier alpha value is -2.08. The van der Waals surface area contributed by atoms with Crippen molar-refractivity contribution < 1.29 is 4.79 Å². The highest BCUT2D eigenvalue weighted by Gasteiger charge is 2.33. The number of hydrogen-bond donors (Lipinski definition) is 1. The number of aryl methyl sites for hydroxylation is 1. The molecule has 0 radical (unpaired) electrons. The van der Waals surface area contributed by atoms with Crippen LogP contribution in [0.4, 0.5) is 5.82 Å². The van der Waals surface area contributed by atoms with Gasteiger partial charge in [0, 0.05) is 25.5 Å². The van der Waals surface area contributed by atoms with Crippen molar-refractivity contribution in [1.29, 1.82) is 0 Å². The number of amides is 1. The number of imidazole rings is 1. The van der Waals surface area contributed by atoms with Gasteiger partial charge in [0.2, 0.25) is 5.91 Å². The van der Waals surface area contributed by atoms with Gasteiger partial charge in [-0.3, -0.25) is 4.79 Å². The predicted octanol–water partition coefficient (Wildman–Crippen LogP) is 2.79. The smallest absolute Gasteiger partial charge is 0.250 e. The first-order valence-electron chi connectivity index (χ1n) is 8.82. The first-order valence-corrected chi connectivity index (χ1v) is 9.20. The SMILES string of the molecule is Cn1c(C2CCCN2c2ncc(C(N)=O)cc2Cl)nc2c1CCCC2. The number of pyridine rings is 1. The Kier molecular flexibility index (Phi) is 4.15. The molecule has 0 saturated carbocycles. The van der Waals surface area contributed by atoms with Crippen LogP contribution in [0.5, 0.6) is 0 Å². The summed E-state index contributed by atoms with van der Waals surface area (Å²) in [6.07, 6.45) is 8.24. The number of nitrogens with zero attached hydrogens (tertiary/aromatic N) is 4. The summed E-state index contributed by atoms with van der Waals surface area (Å²) >= 11 is 6.41. The fourth-order valence-electron chi connectivity index (χ4n) is 4.07. The largest absolute Gasteiger partial charge is 0.366 e. The highest BCUT2D eigenvalue weighted by Crippen LogP contribution is 2.39. The molecule has 0 aromatic carbocycles. The summed E-state index contributed by atoms with van der Waals surface area (Å²) in [5.74, 6) is 1.28. The summed E-state index contributed by atoms with van der Waals surface area (Å²) in [5.41, 5.74) is 8.27. The molecule has 7 heteroatoms. The molecule has 1 fully saturated rings. The van der Waals surface area contributed by atoms with Gasteiger partial charge in [0.15, 0.2) is 0 Å². The van der Waals surface area contributed by atoms with E-state index in [1.807, 2.05) is 0 Å². The highest BCUT2D eigenvalue weighted by molar-refractivity contribution is 6.33. The molecule has 0 spiro atoms. The number of hydrogen-bond acceptors (Lipinski definition) is 4. The van der Waals surface area contributed by atoms with Crippen molar-refractivity contribution in [3.63, 3.8) is 0 Å². The predicted molar refractivity (Wildman–Crippen MR) is 96.9 cm³/mol. The quantitative estimate of drug-likeness (QED) is 0.914. The summed E-state index contributed by atoms with van der Waals surface area (Å²) in [6.45, 7) is 0.880. The Balaban J connectivity index is 1.70. The Bertz CT molecular complexity index is 831. The Morgan fingerprint density at radius 1 is 1.32 bits per heavy atom. The number of nitrogens with two attached hydrogens (primary N) is 1. The van der Waals surface area contributed by atoms with Crippen LogP contribution in [0.15, 0.2) is 12.3 Å².